The quantitative estimate of drug-likeness (QED) is 0.296. The number of carbonyl (C=O) groups excluding carboxylic acids is 1. The summed E-state index contributed by atoms with van der Waals surface area (Å²) in [4.78, 5) is 13.4. The van der Waals surface area contributed by atoms with Crippen molar-refractivity contribution in [1.29, 1.82) is 0 Å². The Morgan fingerprint density at radius 1 is 0.871 bits per heavy atom. The maximum absolute atomic E-state index is 13.7. The Kier molecular flexibility index (Phi) is 5.15. The van der Waals surface area contributed by atoms with Gasteiger partial charge in [-0.05, 0) is 11.3 Å². The number of hydrogen-bond donors (Lipinski definition) is 1. The Morgan fingerprint density at radius 2 is 1.52 bits per heavy atom. The molecule has 158 valence electrons. The molecule has 0 fully saturated rings. The summed E-state index contributed by atoms with van der Waals surface area (Å²) in [6.45, 7) is -0.0599. The number of nitrogens with zero attached hydrogens (tertiary/aromatic N) is 6. The molecule has 0 aliphatic rings. The minimum atomic E-state index is -2.33. The van der Waals surface area contributed by atoms with Crippen LogP contribution in [0.25, 0.3) is 11.4 Å². The molecule has 0 unspecified atom stereocenters. The highest BCUT2D eigenvalue weighted by Crippen LogP contribution is 2.27. The van der Waals surface area contributed by atoms with E-state index in [1.807, 2.05) is 6.07 Å². The summed E-state index contributed by atoms with van der Waals surface area (Å²) >= 11 is 0. The molecule has 0 atom stereocenters. The van der Waals surface area contributed by atoms with Gasteiger partial charge in [0.25, 0.3) is 5.91 Å². The van der Waals surface area contributed by atoms with Crippen LogP contribution in [0.5, 0.6) is 0 Å². The number of rotatable bonds is 5. The zero-order valence-corrected chi connectivity index (χ0v) is 15.2. The molecule has 1 N–H and O–H groups in total. The van der Waals surface area contributed by atoms with Crippen LogP contribution in [0.4, 0.5) is 27.6 Å². The second-order valence-electron chi connectivity index (χ2n) is 6.13. The number of carbonyl (C=O) groups is 1. The van der Waals surface area contributed by atoms with Crippen LogP contribution < -0.4 is 5.32 Å². The fraction of sp³-hybridized carbons (Fsp3) is 0.0556. The standard InChI is InChI=1S/C18H10F5N7O/c19-11-12(20)14(22)16(15(23)13(11)21)24-18(31)10-6-7-29(26-10)8-30-27-17(25-28-30)9-4-2-1-3-5-9/h1-7H,8H2,(H,24,31). The Labute approximate surface area is 169 Å². The summed E-state index contributed by atoms with van der Waals surface area (Å²) in [6, 6.07) is 10.2. The monoisotopic (exact) mass is 435 g/mol. The lowest BCUT2D eigenvalue weighted by Gasteiger charge is -2.08. The number of anilines is 1. The number of tetrazole rings is 1. The van der Waals surface area contributed by atoms with Crippen molar-refractivity contribution < 1.29 is 26.7 Å². The minimum absolute atomic E-state index is 0.0599. The summed E-state index contributed by atoms with van der Waals surface area (Å²) in [6.07, 6.45) is 1.33. The lowest BCUT2D eigenvalue weighted by Crippen LogP contribution is -2.18. The Balaban J connectivity index is 1.50. The number of hydrogen-bond acceptors (Lipinski definition) is 5. The van der Waals surface area contributed by atoms with Crippen molar-refractivity contribution >= 4 is 11.6 Å². The number of amides is 1. The molecule has 2 aromatic carbocycles. The van der Waals surface area contributed by atoms with Gasteiger partial charge in [0.05, 0.1) is 0 Å². The SMILES string of the molecule is O=C(Nc1c(F)c(F)c(F)c(F)c1F)c1ccn(Cn2nnc(-c3ccccc3)n2)n1. The fourth-order valence-corrected chi connectivity index (χ4v) is 2.59. The highest BCUT2D eigenvalue weighted by molar-refractivity contribution is 6.02. The lowest BCUT2D eigenvalue weighted by atomic mass is 10.2. The van der Waals surface area contributed by atoms with Crippen molar-refractivity contribution in [3.63, 3.8) is 0 Å². The van der Waals surface area contributed by atoms with Gasteiger partial charge in [-0.1, -0.05) is 30.3 Å². The molecule has 2 heterocycles. The molecule has 0 bridgehead atoms. The third-order valence-electron chi connectivity index (χ3n) is 4.08. The molecule has 2 aromatic heterocycles. The Hall–Kier alpha value is -4.16. The van der Waals surface area contributed by atoms with Crippen molar-refractivity contribution in [3.05, 3.63) is 77.4 Å². The smallest absolute Gasteiger partial charge is 0.276 e. The van der Waals surface area contributed by atoms with Crippen LogP contribution in [0.3, 0.4) is 0 Å². The second kappa shape index (κ2) is 7.93. The molecule has 0 spiro atoms. The Morgan fingerprint density at radius 3 is 2.19 bits per heavy atom. The largest absolute Gasteiger partial charge is 0.315 e. The van der Waals surface area contributed by atoms with Crippen LogP contribution in [0.1, 0.15) is 10.5 Å². The number of nitrogens with one attached hydrogen (secondary N) is 1. The first-order chi connectivity index (χ1) is 14.8. The first-order valence-electron chi connectivity index (χ1n) is 8.54. The minimum Gasteiger partial charge on any atom is -0.315 e. The van der Waals surface area contributed by atoms with E-state index in [2.05, 4.69) is 20.5 Å². The van der Waals surface area contributed by atoms with Gasteiger partial charge in [-0.3, -0.25) is 4.79 Å². The predicted molar refractivity (Wildman–Crippen MR) is 95.1 cm³/mol. The highest BCUT2D eigenvalue weighted by atomic mass is 19.2. The molecular formula is C18H10F5N7O. The molecule has 0 aliphatic carbocycles. The molecule has 4 rings (SSSR count). The van der Waals surface area contributed by atoms with Crippen molar-refractivity contribution in [2.24, 2.45) is 0 Å². The topological polar surface area (TPSA) is 90.5 Å². The van der Waals surface area contributed by atoms with E-state index in [1.54, 1.807) is 29.6 Å². The lowest BCUT2D eigenvalue weighted by molar-refractivity contribution is 0.102. The predicted octanol–water partition coefficient (Wildman–Crippen LogP) is 2.99. The number of halogens is 5. The summed E-state index contributed by atoms with van der Waals surface area (Å²) in [5.74, 6) is -11.8. The van der Waals surface area contributed by atoms with E-state index in [9.17, 15) is 26.7 Å². The van der Waals surface area contributed by atoms with Crippen LogP contribution >= 0.6 is 0 Å². The van der Waals surface area contributed by atoms with Gasteiger partial charge >= 0.3 is 0 Å². The van der Waals surface area contributed by atoms with E-state index in [1.165, 1.54) is 21.7 Å². The van der Waals surface area contributed by atoms with E-state index in [0.717, 1.165) is 5.56 Å². The van der Waals surface area contributed by atoms with E-state index >= 15 is 0 Å². The first kappa shape index (κ1) is 20.1. The molecule has 4 aromatic rings. The molecule has 0 radical (unpaired) electrons. The highest BCUT2D eigenvalue weighted by Gasteiger charge is 2.27. The molecule has 1 amide bonds. The van der Waals surface area contributed by atoms with Gasteiger partial charge in [0.1, 0.15) is 5.69 Å². The number of benzene rings is 2. The van der Waals surface area contributed by atoms with Gasteiger partial charge in [0, 0.05) is 11.8 Å². The van der Waals surface area contributed by atoms with Gasteiger partial charge in [-0.2, -0.15) is 5.10 Å². The fourth-order valence-electron chi connectivity index (χ4n) is 2.59. The molecule has 8 nitrogen and oxygen atoms in total. The summed E-state index contributed by atoms with van der Waals surface area (Å²) < 4.78 is 68.3. The summed E-state index contributed by atoms with van der Waals surface area (Å²) in [5, 5.41) is 17.4. The van der Waals surface area contributed by atoms with E-state index in [4.69, 9.17) is 0 Å². The molecule has 0 aliphatic heterocycles. The summed E-state index contributed by atoms with van der Waals surface area (Å²) in [5.41, 5.74) is -1.08. The Bertz CT molecular complexity index is 1240. The zero-order chi connectivity index (χ0) is 22.1. The van der Waals surface area contributed by atoms with Crippen molar-refractivity contribution in [3.8, 4) is 11.4 Å². The van der Waals surface area contributed by atoms with E-state index in [0.29, 0.717) is 5.82 Å². The van der Waals surface area contributed by atoms with Crippen LogP contribution in [0, 0.1) is 29.1 Å². The van der Waals surface area contributed by atoms with Crippen LogP contribution in [0.15, 0.2) is 42.6 Å². The molecule has 13 heteroatoms. The average molecular weight is 435 g/mol. The molecule has 0 saturated carbocycles. The van der Waals surface area contributed by atoms with Crippen LogP contribution in [0.2, 0.25) is 0 Å². The van der Waals surface area contributed by atoms with Gasteiger partial charge in [-0.25, -0.2) is 26.6 Å². The number of aromatic nitrogens is 6. The van der Waals surface area contributed by atoms with Gasteiger partial charge in [0.2, 0.25) is 11.6 Å². The van der Waals surface area contributed by atoms with Crippen molar-refractivity contribution in [2.45, 2.75) is 6.67 Å². The van der Waals surface area contributed by atoms with Gasteiger partial charge in [0.15, 0.2) is 35.6 Å². The maximum atomic E-state index is 13.7. The van der Waals surface area contributed by atoms with Crippen molar-refractivity contribution in [1.82, 2.24) is 30.0 Å². The third kappa shape index (κ3) is 3.84. The van der Waals surface area contributed by atoms with Crippen LogP contribution in [-0.4, -0.2) is 35.9 Å². The normalized spacial score (nSPS) is 11.0. The molecule has 0 saturated heterocycles. The van der Waals surface area contributed by atoms with Crippen molar-refractivity contribution in [2.75, 3.05) is 5.32 Å². The first-order valence-corrected chi connectivity index (χ1v) is 8.54. The average Bonchev–Trinajstić information content (AvgIpc) is 3.45. The molecule has 31 heavy (non-hydrogen) atoms. The molecular weight excluding hydrogens is 425 g/mol. The maximum Gasteiger partial charge on any atom is 0.276 e. The summed E-state index contributed by atoms with van der Waals surface area (Å²) in [7, 11) is 0. The van der Waals surface area contributed by atoms with E-state index < -0.39 is 40.7 Å². The van der Waals surface area contributed by atoms with Gasteiger partial charge in [-0.15, -0.1) is 15.0 Å². The van der Waals surface area contributed by atoms with Crippen LogP contribution in [-0.2, 0) is 6.67 Å². The van der Waals surface area contributed by atoms with E-state index in [-0.39, 0.29) is 12.4 Å². The van der Waals surface area contributed by atoms with Gasteiger partial charge < -0.3 is 5.32 Å². The second-order valence-corrected chi connectivity index (χ2v) is 6.13. The third-order valence-corrected chi connectivity index (χ3v) is 4.08. The zero-order valence-electron chi connectivity index (χ0n) is 15.2.